The topological polar surface area (TPSA) is 41.9 Å². The molecule has 2 rings (SSSR count). The van der Waals surface area contributed by atoms with Crippen LogP contribution in [0.25, 0.3) is 0 Å². The molecule has 1 aromatic carbocycles. The van der Waals surface area contributed by atoms with Crippen LogP contribution in [0.5, 0.6) is 11.5 Å². The molecule has 1 aromatic rings. The van der Waals surface area contributed by atoms with Gasteiger partial charge in [-0.3, -0.25) is 4.90 Å². The lowest BCUT2D eigenvalue weighted by atomic mass is 10.1. The van der Waals surface area contributed by atoms with Crippen LogP contribution < -0.4 is 4.74 Å². The number of hydrogen-bond acceptors (Lipinski definition) is 4. The summed E-state index contributed by atoms with van der Waals surface area (Å²) in [5, 5.41) is 10.1. The molecular formula is C14H21NO3. The molecule has 18 heavy (non-hydrogen) atoms. The van der Waals surface area contributed by atoms with Gasteiger partial charge in [0, 0.05) is 24.8 Å². The van der Waals surface area contributed by atoms with Crippen LogP contribution in [-0.4, -0.2) is 42.9 Å². The Kier molecular flexibility index (Phi) is 4.09. The van der Waals surface area contributed by atoms with Crippen molar-refractivity contribution in [3.8, 4) is 11.5 Å². The lowest BCUT2D eigenvalue weighted by molar-refractivity contribution is 0.0811. The van der Waals surface area contributed by atoms with E-state index < -0.39 is 0 Å². The molecule has 0 saturated carbocycles. The molecule has 0 aromatic heterocycles. The molecule has 1 aliphatic rings. The third-order valence-corrected chi connectivity index (χ3v) is 3.62. The number of hydrogen-bond donors (Lipinski definition) is 1. The lowest BCUT2D eigenvalue weighted by Crippen LogP contribution is -2.36. The summed E-state index contributed by atoms with van der Waals surface area (Å²) in [5.41, 5.74) is 0.885. The van der Waals surface area contributed by atoms with Crippen LogP contribution in [0, 0.1) is 0 Å². The number of likely N-dealkylation sites (N-methyl/N-ethyl adjacent to an activating group) is 1. The smallest absolute Gasteiger partial charge is 0.162 e. The van der Waals surface area contributed by atoms with Crippen molar-refractivity contribution in [3.63, 3.8) is 0 Å². The van der Waals surface area contributed by atoms with Crippen LogP contribution in [0.4, 0.5) is 0 Å². The van der Waals surface area contributed by atoms with Crippen molar-refractivity contribution in [2.24, 2.45) is 0 Å². The Bertz CT molecular complexity index is 408. The fraction of sp³-hybridized carbons (Fsp3) is 0.571. The van der Waals surface area contributed by atoms with E-state index in [-0.39, 0.29) is 11.9 Å². The average molecular weight is 251 g/mol. The fourth-order valence-electron chi connectivity index (χ4n) is 2.55. The van der Waals surface area contributed by atoms with Gasteiger partial charge in [0.15, 0.2) is 11.5 Å². The van der Waals surface area contributed by atoms with Crippen molar-refractivity contribution in [1.82, 2.24) is 4.90 Å². The second kappa shape index (κ2) is 5.59. The zero-order valence-corrected chi connectivity index (χ0v) is 11.2. The second-order valence-corrected chi connectivity index (χ2v) is 4.82. The first kappa shape index (κ1) is 13.2. The average Bonchev–Trinajstić information content (AvgIpc) is 2.78. The van der Waals surface area contributed by atoms with Crippen molar-refractivity contribution >= 4 is 0 Å². The highest BCUT2D eigenvalue weighted by Crippen LogP contribution is 2.31. The van der Waals surface area contributed by atoms with E-state index in [2.05, 4.69) is 18.9 Å². The molecule has 4 nitrogen and oxygen atoms in total. The predicted octanol–water partition coefficient (Wildman–Crippen LogP) is 2.01. The van der Waals surface area contributed by atoms with E-state index in [0.29, 0.717) is 18.3 Å². The second-order valence-electron chi connectivity index (χ2n) is 4.82. The first-order valence-electron chi connectivity index (χ1n) is 6.30. The number of nitrogens with zero attached hydrogens (tertiary/aromatic N) is 1. The first-order valence-corrected chi connectivity index (χ1v) is 6.30. The highest BCUT2D eigenvalue weighted by atomic mass is 16.5. The van der Waals surface area contributed by atoms with Crippen LogP contribution in [0.15, 0.2) is 18.2 Å². The molecule has 0 aliphatic carbocycles. The maximum absolute atomic E-state index is 10.1. The molecule has 0 radical (unpaired) electrons. The summed E-state index contributed by atoms with van der Waals surface area (Å²) in [6, 6.07) is 6.00. The van der Waals surface area contributed by atoms with Gasteiger partial charge in [-0.05, 0) is 26.5 Å². The van der Waals surface area contributed by atoms with Gasteiger partial charge in [0.2, 0.25) is 0 Å². The van der Waals surface area contributed by atoms with Gasteiger partial charge in [0.1, 0.15) is 0 Å². The fourth-order valence-corrected chi connectivity index (χ4v) is 2.55. The van der Waals surface area contributed by atoms with E-state index in [1.165, 1.54) is 0 Å². The molecule has 0 amide bonds. The molecule has 100 valence electrons. The highest BCUT2D eigenvalue weighted by molar-refractivity contribution is 5.45. The van der Waals surface area contributed by atoms with Crippen LogP contribution in [0.1, 0.15) is 18.9 Å². The molecule has 1 saturated heterocycles. The summed E-state index contributed by atoms with van der Waals surface area (Å²) in [7, 11) is 3.63. The molecule has 1 aliphatic heterocycles. The molecule has 1 N–H and O–H groups in total. The molecule has 1 fully saturated rings. The summed E-state index contributed by atoms with van der Waals surface area (Å²) >= 11 is 0. The van der Waals surface area contributed by atoms with Gasteiger partial charge in [-0.1, -0.05) is 12.1 Å². The SMILES string of the molecule is COc1cccc(CN(C)C2CCOC2C)c1O. The van der Waals surface area contributed by atoms with Gasteiger partial charge in [-0.25, -0.2) is 0 Å². The Morgan fingerprint density at radius 2 is 2.28 bits per heavy atom. The van der Waals surface area contributed by atoms with Gasteiger partial charge in [-0.15, -0.1) is 0 Å². The van der Waals surface area contributed by atoms with Crippen LogP contribution in [0.2, 0.25) is 0 Å². The minimum Gasteiger partial charge on any atom is -0.504 e. The molecule has 2 atom stereocenters. The van der Waals surface area contributed by atoms with E-state index >= 15 is 0 Å². The van der Waals surface area contributed by atoms with E-state index in [9.17, 15) is 5.11 Å². The van der Waals surface area contributed by atoms with Gasteiger partial charge in [0.25, 0.3) is 0 Å². The number of rotatable bonds is 4. The summed E-state index contributed by atoms with van der Waals surface area (Å²) in [6.45, 7) is 3.61. The maximum Gasteiger partial charge on any atom is 0.162 e. The number of para-hydroxylation sites is 1. The van der Waals surface area contributed by atoms with Crippen molar-refractivity contribution in [3.05, 3.63) is 23.8 Å². The van der Waals surface area contributed by atoms with Gasteiger partial charge in [0.05, 0.1) is 13.2 Å². The number of phenols is 1. The first-order chi connectivity index (χ1) is 8.63. The Morgan fingerprint density at radius 1 is 1.50 bits per heavy atom. The van der Waals surface area contributed by atoms with Crippen molar-refractivity contribution in [1.29, 1.82) is 0 Å². The van der Waals surface area contributed by atoms with Crippen LogP contribution in [-0.2, 0) is 11.3 Å². The van der Waals surface area contributed by atoms with Gasteiger partial charge in [-0.2, -0.15) is 0 Å². The van der Waals surface area contributed by atoms with E-state index in [1.54, 1.807) is 13.2 Å². The minimum absolute atomic E-state index is 0.235. The minimum atomic E-state index is 0.235. The van der Waals surface area contributed by atoms with Crippen molar-refractivity contribution in [2.75, 3.05) is 20.8 Å². The largest absolute Gasteiger partial charge is 0.504 e. The molecule has 2 unspecified atom stereocenters. The molecular weight excluding hydrogens is 230 g/mol. The molecule has 4 heteroatoms. The van der Waals surface area contributed by atoms with E-state index in [0.717, 1.165) is 18.6 Å². The molecule has 0 bridgehead atoms. The Balaban J connectivity index is 2.09. The molecule has 0 spiro atoms. The highest BCUT2D eigenvalue weighted by Gasteiger charge is 2.28. The van der Waals surface area contributed by atoms with Crippen LogP contribution in [0.3, 0.4) is 0 Å². The number of benzene rings is 1. The quantitative estimate of drug-likeness (QED) is 0.889. The maximum atomic E-state index is 10.1. The number of phenolic OH excluding ortho intramolecular Hbond substituents is 1. The summed E-state index contributed by atoms with van der Waals surface area (Å²) < 4.78 is 10.7. The van der Waals surface area contributed by atoms with Crippen LogP contribution >= 0.6 is 0 Å². The summed E-state index contributed by atoms with van der Waals surface area (Å²) in [5.74, 6) is 0.759. The number of methoxy groups -OCH3 is 1. The van der Waals surface area contributed by atoms with Gasteiger partial charge >= 0.3 is 0 Å². The Morgan fingerprint density at radius 3 is 2.89 bits per heavy atom. The van der Waals surface area contributed by atoms with E-state index in [4.69, 9.17) is 9.47 Å². The zero-order chi connectivity index (χ0) is 13.1. The molecule has 1 heterocycles. The third-order valence-electron chi connectivity index (χ3n) is 3.62. The third kappa shape index (κ3) is 2.60. The van der Waals surface area contributed by atoms with E-state index in [1.807, 2.05) is 12.1 Å². The Labute approximate surface area is 108 Å². The van der Waals surface area contributed by atoms with Crippen molar-refractivity contribution in [2.45, 2.75) is 32.0 Å². The zero-order valence-electron chi connectivity index (χ0n) is 11.2. The summed E-state index contributed by atoms with van der Waals surface area (Å²) in [6.07, 6.45) is 1.30. The van der Waals surface area contributed by atoms with Gasteiger partial charge < -0.3 is 14.6 Å². The Hall–Kier alpha value is -1.26. The standard InChI is InChI=1S/C14H21NO3/c1-10-12(7-8-18-10)15(2)9-11-5-4-6-13(17-3)14(11)16/h4-6,10,12,16H,7-9H2,1-3H3. The van der Waals surface area contributed by atoms with Crippen molar-refractivity contribution < 1.29 is 14.6 Å². The lowest BCUT2D eigenvalue weighted by Gasteiger charge is -2.27. The normalized spacial score (nSPS) is 23.6. The monoisotopic (exact) mass is 251 g/mol. The number of aromatic hydroxyl groups is 1. The number of ether oxygens (including phenoxy) is 2. The predicted molar refractivity (Wildman–Crippen MR) is 69.9 cm³/mol. The summed E-state index contributed by atoms with van der Waals surface area (Å²) in [4.78, 5) is 2.23.